The van der Waals surface area contributed by atoms with E-state index in [0.717, 1.165) is 17.7 Å². The summed E-state index contributed by atoms with van der Waals surface area (Å²) in [6.45, 7) is 1.96. The fourth-order valence-corrected chi connectivity index (χ4v) is 3.14. The first-order valence-corrected chi connectivity index (χ1v) is 7.56. The normalized spacial score (nSPS) is 14.7. The van der Waals surface area contributed by atoms with Crippen molar-refractivity contribution in [2.45, 2.75) is 25.8 Å². The van der Waals surface area contributed by atoms with E-state index in [4.69, 9.17) is 5.73 Å². The number of thiazole rings is 1. The molecule has 0 bridgehead atoms. The van der Waals surface area contributed by atoms with Gasteiger partial charge in [-0.15, -0.1) is 11.3 Å². The number of hydrogen-bond acceptors (Lipinski definition) is 6. The second-order valence-electron chi connectivity index (χ2n) is 5.22. The van der Waals surface area contributed by atoms with Crippen molar-refractivity contribution in [3.05, 3.63) is 33.7 Å². The van der Waals surface area contributed by atoms with Crippen LogP contribution in [0, 0.1) is 6.92 Å². The first-order chi connectivity index (χ1) is 10.1. The maximum atomic E-state index is 12.8. The van der Waals surface area contributed by atoms with Crippen LogP contribution in [-0.4, -0.2) is 19.5 Å². The fraction of sp³-hybridized carbons (Fsp3) is 0.286. The third kappa shape index (κ3) is 1.92. The Morgan fingerprint density at radius 1 is 1.38 bits per heavy atom. The highest BCUT2D eigenvalue weighted by atomic mass is 32.1. The number of fused-ring (bicyclic) bond motifs is 1. The molecule has 2 N–H and O–H groups in total. The van der Waals surface area contributed by atoms with Crippen LogP contribution in [-0.2, 0) is 0 Å². The van der Waals surface area contributed by atoms with E-state index in [0.29, 0.717) is 27.6 Å². The molecule has 0 unspecified atom stereocenters. The summed E-state index contributed by atoms with van der Waals surface area (Å²) in [5.41, 5.74) is 7.93. The van der Waals surface area contributed by atoms with E-state index in [1.54, 1.807) is 23.0 Å². The molecule has 4 rings (SSSR count). The van der Waals surface area contributed by atoms with Crippen molar-refractivity contribution in [2.24, 2.45) is 0 Å². The van der Waals surface area contributed by atoms with Crippen molar-refractivity contribution in [1.29, 1.82) is 0 Å². The number of nitrogens with zero attached hydrogens (tertiary/aromatic N) is 4. The monoisotopic (exact) mass is 299 g/mol. The SMILES string of the molecule is Cc1cnc(-c2nc3c(N)ccnc3n(C3CC3)c2=O)s1. The van der Waals surface area contributed by atoms with Gasteiger partial charge in [-0.3, -0.25) is 9.36 Å². The number of rotatable bonds is 2. The first-order valence-electron chi connectivity index (χ1n) is 6.74. The van der Waals surface area contributed by atoms with E-state index in [2.05, 4.69) is 15.0 Å². The van der Waals surface area contributed by atoms with Gasteiger partial charge in [-0.1, -0.05) is 0 Å². The summed E-state index contributed by atoms with van der Waals surface area (Å²) in [4.78, 5) is 26.9. The molecule has 6 nitrogen and oxygen atoms in total. The Labute approximate surface area is 124 Å². The summed E-state index contributed by atoms with van der Waals surface area (Å²) in [5, 5.41) is 0.636. The highest BCUT2D eigenvalue weighted by Gasteiger charge is 2.29. The lowest BCUT2D eigenvalue weighted by molar-refractivity contribution is 0.726. The van der Waals surface area contributed by atoms with E-state index >= 15 is 0 Å². The van der Waals surface area contributed by atoms with Crippen molar-refractivity contribution in [1.82, 2.24) is 19.5 Å². The minimum Gasteiger partial charge on any atom is -0.397 e. The number of aryl methyl sites for hydroxylation is 1. The molecule has 3 aromatic rings. The zero-order valence-corrected chi connectivity index (χ0v) is 12.2. The molecule has 106 valence electrons. The van der Waals surface area contributed by atoms with Gasteiger partial charge in [0.2, 0.25) is 0 Å². The maximum absolute atomic E-state index is 12.8. The van der Waals surface area contributed by atoms with Crippen molar-refractivity contribution in [2.75, 3.05) is 5.73 Å². The molecular formula is C14H13N5OS. The largest absolute Gasteiger partial charge is 0.397 e. The topological polar surface area (TPSA) is 86.7 Å². The van der Waals surface area contributed by atoms with Crippen LogP contribution in [0.2, 0.25) is 0 Å². The van der Waals surface area contributed by atoms with Crippen molar-refractivity contribution < 1.29 is 0 Å². The quantitative estimate of drug-likeness (QED) is 0.783. The molecule has 21 heavy (non-hydrogen) atoms. The van der Waals surface area contributed by atoms with Gasteiger partial charge in [0.1, 0.15) is 10.5 Å². The smallest absolute Gasteiger partial charge is 0.281 e. The van der Waals surface area contributed by atoms with Gasteiger partial charge in [-0.2, -0.15) is 0 Å². The summed E-state index contributed by atoms with van der Waals surface area (Å²) in [6.07, 6.45) is 5.35. The van der Waals surface area contributed by atoms with E-state index in [-0.39, 0.29) is 11.6 Å². The van der Waals surface area contributed by atoms with Gasteiger partial charge in [0, 0.05) is 23.3 Å². The molecule has 0 spiro atoms. The van der Waals surface area contributed by atoms with Gasteiger partial charge < -0.3 is 5.73 Å². The Balaban J connectivity index is 2.10. The van der Waals surface area contributed by atoms with Gasteiger partial charge in [-0.25, -0.2) is 15.0 Å². The number of aromatic nitrogens is 4. The Hall–Kier alpha value is -2.28. The predicted octanol–water partition coefficient (Wildman–Crippen LogP) is 2.14. The molecule has 0 amide bonds. The van der Waals surface area contributed by atoms with Crippen LogP contribution in [0.3, 0.4) is 0 Å². The summed E-state index contributed by atoms with van der Waals surface area (Å²) < 4.78 is 1.73. The van der Waals surface area contributed by atoms with Crippen molar-refractivity contribution >= 4 is 28.2 Å². The highest BCUT2D eigenvalue weighted by molar-refractivity contribution is 7.14. The number of hydrogen-bond donors (Lipinski definition) is 1. The van der Waals surface area contributed by atoms with E-state index in [9.17, 15) is 4.79 Å². The van der Waals surface area contributed by atoms with E-state index < -0.39 is 0 Å². The summed E-state index contributed by atoms with van der Waals surface area (Å²) in [5.74, 6) is 0. The number of nitrogen functional groups attached to an aromatic ring is 1. The third-order valence-electron chi connectivity index (χ3n) is 3.55. The number of anilines is 1. The Bertz CT molecular complexity index is 909. The highest BCUT2D eigenvalue weighted by Crippen LogP contribution is 2.36. The van der Waals surface area contributed by atoms with E-state index in [1.165, 1.54) is 11.3 Å². The molecular weight excluding hydrogens is 286 g/mol. The molecule has 7 heteroatoms. The summed E-state index contributed by atoms with van der Waals surface area (Å²) in [6, 6.07) is 1.91. The molecule has 1 fully saturated rings. The molecule has 1 aliphatic rings. The first kappa shape index (κ1) is 12.5. The zero-order chi connectivity index (χ0) is 14.6. The standard InChI is InChI=1S/C14H13N5OS/c1-7-6-17-13(21-7)11-14(20)19(8-2-3-8)12-10(18-11)9(15)4-5-16-12/h4-6,8H,2-3H2,1H3,(H2,15,16). The average molecular weight is 299 g/mol. The average Bonchev–Trinajstić information content (AvgIpc) is 3.20. The lowest BCUT2D eigenvalue weighted by atomic mass is 10.3. The van der Waals surface area contributed by atoms with E-state index in [1.807, 2.05) is 6.92 Å². The number of pyridine rings is 1. The summed E-state index contributed by atoms with van der Waals surface area (Å²) >= 11 is 1.46. The van der Waals surface area contributed by atoms with Crippen LogP contribution in [0.1, 0.15) is 23.8 Å². The Kier molecular flexibility index (Phi) is 2.58. The van der Waals surface area contributed by atoms with Crippen LogP contribution in [0.4, 0.5) is 5.69 Å². The van der Waals surface area contributed by atoms with Crippen LogP contribution in [0.5, 0.6) is 0 Å². The maximum Gasteiger partial charge on any atom is 0.281 e. The van der Waals surface area contributed by atoms with Crippen LogP contribution < -0.4 is 11.3 Å². The molecule has 0 aliphatic heterocycles. The van der Waals surface area contributed by atoms with Crippen LogP contribution in [0.15, 0.2) is 23.3 Å². The summed E-state index contributed by atoms with van der Waals surface area (Å²) in [7, 11) is 0. The van der Waals surface area contributed by atoms with Gasteiger partial charge in [-0.05, 0) is 25.8 Å². The molecule has 1 saturated carbocycles. The Morgan fingerprint density at radius 3 is 2.86 bits per heavy atom. The molecule has 0 radical (unpaired) electrons. The van der Waals surface area contributed by atoms with Gasteiger partial charge in [0.05, 0.1) is 5.69 Å². The molecule has 1 aliphatic carbocycles. The predicted molar refractivity (Wildman–Crippen MR) is 82.3 cm³/mol. The number of nitrogens with two attached hydrogens (primary N) is 1. The molecule has 0 aromatic carbocycles. The second kappa shape index (κ2) is 4.36. The third-order valence-corrected chi connectivity index (χ3v) is 4.46. The van der Waals surface area contributed by atoms with Crippen LogP contribution >= 0.6 is 11.3 Å². The van der Waals surface area contributed by atoms with Crippen molar-refractivity contribution in [3.8, 4) is 10.7 Å². The van der Waals surface area contributed by atoms with Crippen LogP contribution in [0.25, 0.3) is 21.9 Å². The molecule has 3 heterocycles. The molecule has 0 saturated heterocycles. The lowest BCUT2D eigenvalue weighted by Crippen LogP contribution is -2.24. The van der Waals surface area contributed by atoms with Gasteiger partial charge >= 0.3 is 0 Å². The zero-order valence-electron chi connectivity index (χ0n) is 11.4. The van der Waals surface area contributed by atoms with Crippen molar-refractivity contribution in [3.63, 3.8) is 0 Å². The fourth-order valence-electron chi connectivity index (χ4n) is 2.39. The van der Waals surface area contributed by atoms with Gasteiger partial charge in [0.15, 0.2) is 11.3 Å². The van der Waals surface area contributed by atoms with Gasteiger partial charge in [0.25, 0.3) is 5.56 Å². The lowest BCUT2D eigenvalue weighted by Gasteiger charge is -2.10. The Morgan fingerprint density at radius 2 is 2.19 bits per heavy atom. The molecule has 3 aromatic heterocycles. The second-order valence-corrected chi connectivity index (χ2v) is 6.45. The molecule has 0 atom stereocenters. The minimum absolute atomic E-state index is 0.127. The minimum atomic E-state index is -0.127.